The van der Waals surface area contributed by atoms with Crippen molar-refractivity contribution in [3.05, 3.63) is 68.9 Å². The highest BCUT2D eigenvalue weighted by Crippen LogP contribution is 2.24. The van der Waals surface area contributed by atoms with Crippen molar-refractivity contribution in [2.24, 2.45) is 0 Å². The topological polar surface area (TPSA) is 12.0 Å². The van der Waals surface area contributed by atoms with E-state index in [1.807, 2.05) is 18.2 Å². The second kappa shape index (κ2) is 7.92. The van der Waals surface area contributed by atoms with Crippen LogP contribution in [0.2, 0.25) is 5.02 Å². The molecule has 4 heteroatoms. The smallest absolute Gasteiger partial charge is 0.142 e. The Morgan fingerprint density at radius 2 is 2.05 bits per heavy atom. The molecule has 1 atom stereocenters. The van der Waals surface area contributed by atoms with Crippen molar-refractivity contribution in [2.45, 2.75) is 25.8 Å². The Morgan fingerprint density at radius 3 is 2.71 bits per heavy atom. The van der Waals surface area contributed by atoms with Gasteiger partial charge in [0, 0.05) is 10.5 Å². The summed E-state index contributed by atoms with van der Waals surface area (Å²) in [5, 5.41) is 3.69. The molecule has 2 aromatic rings. The molecule has 0 aliphatic heterocycles. The molecule has 0 saturated carbocycles. The van der Waals surface area contributed by atoms with Crippen LogP contribution >= 0.6 is 27.5 Å². The Kier molecular flexibility index (Phi) is 6.22. The minimum atomic E-state index is -0.363. The van der Waals surface area contributed by atoms with Gasteiger partial charge in [-0.3, -0.25) is 0 Å². The first-order valence-corrected chi connectivity index (χ1v) is 8.20. The summed E-state index contributed by atoms with van der Waals surface area (Å²) in [6.45, 7) is 3.06. The molecule has 21 heavy (non-hydrogen) atoms. The van der Waals surface area contributed by atoms with Gasteiger partial charge >= 0.3 is 0 Å². The number of hydrogen-bond acceptors (Lipinski definition) is 1. The summed E-state index contributed by atoms with van der Waals surface area (Å²) in [6, 6.07) is 13.4. The first-order chi connectivity index (χ1) is 10.1. The summed E-state index contributed by atoms with van der Waals surface area (Å²) < 4.78 is 14.6. The van der Waals surface area contributed by atoms with Crippen molar-refractivity contribution in [3.63, 3.8) is 0 Å². The van der Waals surface area contributed by atoms with E-state index in [2.05, 4.69) is 40.3 Å². The lowest BCUT2D eigenvalue weighted by atomic mass is 9.98. The first kappa shape index (κ1) is 16.5. The zero-order chi connectivity index (χ0) is 15.2. The standard InChI is InChI=1S/C17H18BrClFN/c1-2-8-21-17(13-4-3-5-14(18)11-13)10-12-6-7-15(19)16(20)9-12/h3-7,9,11,17,21H,2,8,10H2,1H3. The molecular formula is C17H18BrClFN. The van der Waals surface area contributed by atoms with Gasteiger partial charge in [0.2, 0.25) is 0 Å². The minimum Gasteiger partial charge on any atom is -0.310 e. The highest BCUT2D eigenvalue weighted by molar-refractivity contribution is 9.10. The predicted molar refractivity (Wildman–Crippen MR) is 90.3 cm³/mol. The van der Waals surface area contributed by atoms with E-state index in [9.17, 15) is 4.39 Å². The number of hydrogen-bond donors (Lipinski definition) is 1. The Bertz CT molecular complexity index is 603. The molecule has 1 nitrogen and oxygen atoms in total. The lowest BCUT2D eigenvalue weighted by Crippen LogP contribution is -2.24. The van der Waals surface area contributed by atoms with E-state index in [1.54, 1.807) is 6.07 Å². The molecule has 2 aromatic carbocycles. The lowest BCUT2D eigenvalue weighted by molar-refractivity contribution is 0.527. The van der Waals surface area contributed by atoms with Crippen molar-refractivity contribution in [2.75, 3.05) is 6.54 Å². The molecule has 0 heterocycles. The van der Waals surface area contributed by atoms with Crippen LogP contribution in [0.5, 0.6) is 0 Å². The van der Waals surface area contributed by atoms with Crippen LogP contribution in [0.3, 0.4) is 0 Å². The highest BCUT2D eigenvalue weighted by Gasteiger charge is 2.13. The van der Waals surface area contributed by atoms with E-state index in [4.69, 9.17) is 11.6 Å². The van der Waals surface area contributed by atoms with E-state index in [0.717, 1.165) is 29.4 Å². The number of halogens is 3. The fourth-order valence-corrected chi connectivity index (χ4v) is 2.79. The molecule has 2 rings (SSSR count). The molecule has 0 spiro atoms. The van der Waals surface area contributed by atoms with Gasteiger partial charge in [-0.25, -0.2) is 4.39 Å². The molecule has 112 valence electrons. The van der Waals surface area contributed by atoms with Crippen molar-refractivity contribution in [1.82, 2.24) is 5.32 Å². The van der Waals surface area contributed by atoms with E-state index in [-0.39, 0.29) is 16.9 Å². The second-order valence-electron chi connectivity index (χ2n) is 5.01. The van der Waals surface area contributed by atoms with Gasteiger partial charge in [0.25, 0.3) is 0 Å². The van der Waals surface area contributed by atoms with Gasteiger partial charge in [0.1, 0.15) is 5.82 Å². The molecule has 0 aliphatic rings. The highest BCUT2D eigenvalue weighted by atomic mass is 79.9. The van der Waals surface area contributed by atoms with Crippen LogP contribution in [0, 0.1) is 5.82 Å². The summed E-state index contributed by atoms with van der Waals surface area (Å²) in [5.41, 5.74) is 2.12. The molecule has 1 unspecified atom stereocenters. The molecule has 0 aromatic heterocycles. The van der Waals surface area contributed by atoms with Crippen molar-refractivity contribution >= 4 is 27.5 Å². The van der Waals surface area contributed by atoms with E-state index < -0.39 is 0 Å². The van der Waals surface area contributed by atoms with E-state index in [0.29, 0.717) is 0 Å². The fourth-order valence-electron chi connectivity index (χ4n) is 2.25. The Balaban J connectivity index is 2.21. The van der Waals surface area contributed by atoms with Crippen LogP contribution in [0.1, 0.15) is 30.5 Å². The summed E-state index contributed by atoms with van der Waals surface area (Å²) >= 11 is 9.24. The van der Waals surface area contributed by atoms with Crippen LogP contribution in [-0.2, 0) is 6.42 Å². The minimum absolute atomic E-state index is 0.156. The molecule has 0 amide bonds. The van der Waals surface area contributed by atoms with Gasteiger partial charge in [-0.2, -0.15) is 0 Å². The van der Waals surface area contributed by atoms with Crippen LogP contribution in [0.15, 0.2) is 46.9 Å². The third-order valence-corrected chi connectivity index (χ3v) is 4.12. The van der Waals surface area contributed by atoms with Gasteiger partial charge in [-0.1, -0.05) is 52.7 Å². The lowest BCUT2D eigenvalue weighted by Gasteiger charge is -2.19. The van der Waals surface area contributed by atoms with Crippen molar-refractivity contribution < 1.29 is 4.39 Å². The zero-order valence-electron chi connectivity index (χ0n) is 11.9. The number of rotatable bonds is 6. The molecule has 0 aliphatic carbocycles. The van der Waals surface area contributed by atoms with Gasteiger partial charge < -0.3 is 5.32 Å². The Hall–Kier alpha value is -0.900. The summed E-state index contributed by atoms with van der Waals surface area (Å²) in [4.78, 5) is 0. The Labute approximate surface area is 138 Å². The SMILES string of the molecule is CCCNC(Cc1ccc(Cl)c(F)c1)c1cccc(Br)c1. The van der Waals surface area contributed by atoms with Crippen LogP contribution in [0.25, 0.3) is 0 Å². The van der Waals surface area contributed by atoms with Crippen LogP contribution < -0.4 is 5.32 Å². The van der Waals surface area contributed by atoms with Crippen LogP contribution in [-0.4, -0.2) is 6.54 Å². The number of benzene rings is 2. The van der Waals surface area contributed by atoms with Crippen molar-refractivity contribution in [1.29, 1.82) is 0 Å². The van der Waals surface area contributed by atoms with Crippen molar-refractivity contribution in [3.8, 4) is 0 Å². The van der Waals surface area contributed by atoms with Gasteiger partial charge in [-0.15, -0.1) is 0 Å². The summed E-state index contributed by atoms with van der Waals surface area (Å²) in [5.74, 6) is -0.363. The monoisotopic (exact) mass is 369 g/mol. The van der Waals surface area contributed by atoms with Crippen LogP contribution in [0.4, 0.5) is 4.39 Å². The predicted octanol–water partition coefficient (Wildman–Crippen LogP) is 5.53. The molecule has 0 bridgehead atoms. The average molecular weight is 371 g/mol. The van der Waals surface area contributed by atoms with Gasteiger partial charge in [-0.05, 0) is 54.8 Å². The quantitative estimate of drug-likeness (QED) is 0.705. The molecule has 1 N–H and O–H groups in total. The number of nitrogens with one attached hydrogen (secondary N) is 1. The summed E-state index contributed by atoms with van der Waals surface area (Å²) in [6.07, 6.45) is 1.78. The maximum Gasteiger partial charge on any atom is 0.142 e. The normalized spacial score (nSPS) is 12.4. The molecule has 0 fully saturated rings. The molecule has 0 radical (unpaired) electrons. The molecular weight excluding hydrogens is 353 g/mol. The average Bonchev–Trinajstić information content (AvgIpc) is 2.47. The van der Waals surface area contributed by atoms with E-state index >= 15 is 0 Å². The van der Waals surface area contributed by atoms with Gasteiger partial charge in [0.15, 0.2) is 0 Å². The largest absolute Gasteiger partial charge is 0.310 e. The zero-order valence-corrected chi connectivity index (χ0v) is 14.2. The third kappa shape index (κ3) is 4.80. The maximum absolute atomic E-state index is 13.6. The maximum atomic E-state index is 13.6. The first-order valence-electron chi connectivity index (χ1n) is 7.03. The summed E-state index contributed by atoms with van der Waals surface area (Å²) in [7, 11) is 0. The van der Waals surface area contributed by atoms with E-state index in [1.165, 1.54) is 11.6 Å². The third-order valence-electron chi connectivity index (χ3n) is 3.32. The van der Waals surface area contributed by atoms with Gasteiger partial charge in [0.05, 0.1) is 5.02 Å². The fraction of sp³-hybridized carbons (Fsp3) is 0.294. The Morgan fingerprint density at radius 1 is 1.24 bits per heavy atom. The second-order valence-corrected chi connectivity index (χ2v) is 6.34. The molecule has 0 saturated heterocycles.